The lowest BCUT2D eigenvalue weighted by molar-refractivity contribution is -0.00857. The molecule has 1 saturated heterocycles. The van der Waals surface area contributed by atoms with Gasteiger partial charge in [-0.05, 0) is 36.5 Å². The van der Waals surface area contributed by atoms with Gasteiger partial charge in [-0.2, -0.15) is 0 Å². The van der Waals surface area contributed by atoms with E-state index >= 15 is 0 Å². The van der Waals surface area contributed by atoms with Gasteiger partial charge in [0.15, 0.2) is 0 Å². The van der Waals surface area contributed by atoms with Gasteiger partial charge in [0.1, 0.15) is 0 Å². The van der Waals surface area contributed by atoms with Gasteiger partial charge in [-0.25, -0.2) is 0 Å². The Balaban J connectivity index is 1.62. The summed E-state index contributed by atoms with van der Waals surface area (Å²) in [7, 11) is 0. The van der Waals surface area contributed by atoms with Crippen LogP contribution in [-0.2, 0) is 4.74 Å². The topological polar surface area (TPSA) is 21.3 Å². The molecule has 2 aliphatic rings. The van der Waals surface area contributed by atoms with E-state index < -0.39 is 0 Å². The van der Waals surface area contributed by atoms with Crippen LogP contribution in [0.15, 0.2) is 28.7 Å². The number of hydrogen-bond donors (Lipinski definition) is 1. The average Bonchev–Trinajstić information content (AvgIpc) is 3.14. The van der Waals surface area contributed by atoms with E-state index in [1.54, 1.807) is 0 Å². The van der Waals surface area contributed by atoms with Crippen molar-refractivity contribution in [1.29, 1.82) is 0 Å². The number of rotatable bonds is 2. The fourth-order valence-electron chi connectivity index (χ4n) is 2.28. The Labute approximate surface area is 105 Å². The molecule has 1 N–H and O–H groups in total. The first kappa shape index (κ1) is 10.8. The van der Waals surface area contributed by atoms with Gasteiger partial charge in [0.2, 0.25) is 0 Å². The van der Waals surface area contributed by atoms with Crippen LogP contribution in [0.4, 0.5) is 0 Å². The average molecular weight is 282 g/mol. The summed E-state index contributed by atoms with van der Waals surface area (Å²) in [6.07, 6.45) is 3.18. The summed E-state index contributed by atoms with van der Waals surface area (Å²) in [5.74, 6) is 0.832. The van der Waals surface area contributed by atoms with Gasteiger partial charge >= 0.3 is 0 Å². The van der Waals surface area contributed by atoms with Gasteiger partial charge in [0, 0.05) is 11.0 Å². The first-order chi connectivity index (χ1) is 7.83. The third-order valence-electron chi connectivity index (χ3n) is 3.46. The van der Waals surface area contributed by atoms with Crippen LogP contribution >= 0.6 is 15.9 Å². The van der Waals surface area contributed by atoms with Crippen molar-refractivity contribution in [3.05, 3.63) is 34.3 Å². The lowest BCUT2D eigenvalue weighted by Gasteiger charge is -2.30. The largest absolute Gasteiger partial charge is 0.375 e. The van der Waals surface area contributed by atoms with Crippen molar-refractivity contribution in [1.82, 2.24) is 5.32 Å². The maximum atomic E-state index is 5.92. The molecule has 2 nitrogen and oxygen atoms in total. The van der Waals surface area contributed by atoms with Gasteiger partial charge in [-0.3, -0.25) is 0 Å². The van der Waals surface area contributed by atoms with Crippen LogP contribution < -0.4 is 5.32 Å². The maximum absolute atomic E-state index is 5.92. The Hall–Kier alpha value is -0.380. The number of nitrogens with one attached hydrogen (secondary N) is 1. The molecule has 0 aromatic heterocycles. The number of benzene rings is 1. The molecule has 86 valence electrons. The monoisotopic (exact) mass is 281 g/mol. The highest BCUT2D eigenvalue weighted by atomic mass is 79.9. The molecule has 2 unspecified atom stereocenters. The minimum absolute atomic E-state index is 0.364. The molecular weight excluding hydrogens is 266 g/mol. The standard InChI is InChI=1S/C13H16BrNO/c14-11-5-3-9(4-6-11)12-8-16-13(7-15-12)10-1-2-10/h3-6,10,12-13,15H,1-2,7-8H2. The van der Waals surface area contributed by atoms with Crippen LogP contribution in [0.2, 0.25) is 0 Å². The molecule has 3 heteroatoms. The van der Waals surface area contributed by atoms with Gasteiger partial charge < -0.3 is 10.1 Å². The maximum Gasteiger partial charge on any atom is 0.0728 e. The molecule has 1 aromatic rings. The molecule has 1 heterocycles. The Bertz CT molecular complexity index is 353. The SMILES string of the molecule is Brc1ccc(C2COC(C3CC3)CN2)cc1. The summed E-state index contributed by atoms with van der Waals surface area (Å²) in [4.78, 5) is 0. The lowest BCUT2D eigenvalue weighted by atomic mass is 10.1. The molecule has 1 aliphatic carbocycles. The summed E-state index contributed by atoms with van der Waals surface area (Å²) in [6.45, 7) is 1.81. The third kappa shape index (κ3) is 2.31. The number of ether oxygens (including phenoxy) is 1. The molecule has 0 amide bonds. The molecule has 1 aromatic carbocycles. The van der Waals surface area contributed by atoms with Crippen molar-refractivity contribution < 1.29 is 4.74 Å². The Morgan fingerprint density at radius 1 is 1.19 bits per heavy atom. The summed E-state index contributed by atoms with van der Waals surface area (Å²) < 4.78 is 7.05. The van der Waals surface area contributed by atoms with Crippen LogP contribution in [0.3, 0.4) is 0 Å². The van der Waals surface area contributed by atoms with Crippen LogP contribution in [-0.4, -0.2) is 19.3 Å². The van der Waals surface area contributed by atoms with E-state index in [2.05, 4.69) is 45.5 Å². The van der Waals surface area contributed by atoms with Crippen molar-refractivity contribution >= 4 is 15.9 Å². The van der Waals surface area contributed by atoms with E-state index in [0.29, 0.717) is 12.1 Å². The van der Waals surface area contributed by atoms with Crippen LogP contribution in [0.1, 0.15) is 24.4 Å². The summed E-state index contributed by atoms with van der Waals surface area (Å²) in [5, 5.41) is 3.59. The smallest absolute Gasteiger partial charge is 0.0728 e. The Morgan fingerprint density at radius 2 is 1.94 bits per heavy atom. The normalized spacial score (nSPS) is 30.3. The highest BCUT2D eigenvalue weighted by Crippen LogP contribution is 2.36. The molecule has 0 bridgehead atoms. The van der Waals surface area contributed by atoms with Crippen molar-refractivity contribution in [3.63, 3.8) is 0 Å². The fraction of sp³-hybridized carbons (Fsp3) is 0.538. The molecule has 16 heavy (non-hydrogen) atoms. The molecule has 2 fully saturated rings. The van der Waals surface area contributed by atoms with Crippen molar-refractivity contribution in [3.8, 4) is 0 Å². The van der Waals surface area contributed by atoms with Crippen molar-refractivity contribution in [2.45, 2.75) is 25.0 Å². The van der Waals surface area contributed by atoms with Gasteiger partial charge in [-0.15, -0.1) is 0 Å². The zero-order valence-electron chi connectivity index (χ0n) is 9.16. The predicted octanol–water partition coefficient (Wildman–Crippen LogP) is 2.89. The second-order valence-corrected chi connectivity index (χ2v) is 5.64. The fourth-order valence-corrected chi connectivity index (χ4v) is 2.54. The second kappa shape index (κ2) is 4.47. The third-order valence-corrected chi connectivity index (χ3v) is 3.99. The van der Waals surface area contributed by atoms with E-state index in [1.165, 1.54) is 18.4 Å². The molecule has 0 spiro atoms. The molecular formula is C13H16BrNO. The minimum Gasteiger partial charge on any atom is -0.375 e. The summed E-state index contributed by atoms with van der Waals surface area (Å²) >= 11 is 3.45. The first-order valence-electron chi connectivity index (χ1n) is 5.93. The van der Waals surface area contributed by atoms with Crippen molar-refractivity contribution in [2.75, 3.05) is 13.2 Å². The molecule has 3 rings (SSSR count). The molecule has 0 radical (unpaired) electrons. The van der Waals surface area contributed by atoms with E-state index in [4.69, 9.17) is 4.74 Å². The minimum atomic E-state index is 0.364. The number of morpholine rings is 1. The summed E-state index contributed by atoms with van der Waals surface area (Å²) in [5.41, 5.74) is 1.32. The zero-order chi connectivity index (χ0) is 11.0. The highest BCUT2D eigenvalue weighted by molar-refractivity contribution is 9.10. The molecule has 1 aliphatic heterocycles. The Kier molecular flexibility index (Phi) is 3.01. The van der Waals surface area contributed by atoms with Crippen molar-refractivity contribution in [2.24, 2.45) is 5.92 Å². The first-order valence-corrected chi connectivity index (χ1v) is 6.72. The Morgan fingerprint density at radius 3 is 2.50 bits per heavy atom. The predicted molar refractivity (Wildman–Crippen MR) is 67.3 cm³/mol. The van der Waals surface area contributed by atoms with Gasteiger partial charge in [0.25, 0.3) is 0 Å². The van der Waals surface area contributed by atoms with E-state index in [-0.39, 0.29) is 0 Å². The van der Waals surface area contributed by atoms with E-state index in [9.17, 15) is 0 Å². The van der Waals surface area contributed by atoms with Gasteiger partial charge in [0.05, 0.1) is 18.8 Å². The zero-order valence-corrected chi connectivity index (χ0v) is 10.7. The second-order valence-electron chi connectivity index (χ2n) is 4.72. The summed E-state index contributed by atoms with van der Waals surface area (Å²) in [6, 6.07) is 8.85. The molecule has 1 saturated carbocycles. The lowest BCUT2D eigenvalue weighted by Crippen LogP contribution is -2.42. The van der Waals surface area contributed by atoms with E-state index in [0.717, 1.165) is 23.5 Å². The van der Waals surface area contributed by atoms with Crippen LogP contribution in [0, 0.1) is 5.92 Å². The highest BCUT2D eigenvalue weighted by Gasteiger charge is 2.35. The van der Waals surface area contributed by atoms with Crippen LogP contribution in [0.25, 0.3) is 0 Å². The van der Waals surface area contributed by atoms with E-state index in [1.807, 2.05) is 0 Å². The van der Waals surface area contributed by atoms with Crippen LogP contribution in [0.5, 0.6) is 0 Å². The number of hydrogen-bond acceptors (Lipinski definition) is 2. The quantitative estimate of drug-likeness (QED) is 0.900. The molecule has 2 atom stereocenters. The van der Waals surface area contributed by atoms with Gasteiger partial charge in [-0.1, -0.05) is 28.1 Å². The number of halogens is 1.